The predicted molar refractivity (Wildman–Crippen MR) is 119 cm³/mol. The van der Waals surface area contributed by atoms with Gasteiger partial charge in [-0.25, -0.2) is 4.90 Å². The van der Waals surface area contributed by atoms with Gasteiger partial charge in [0.05, 0.1) is 25.0 Å². The second-order valence-corrected chi connectivity index (χ2v) is 7.87. The van der Waals surface area contributed by atoms with E-state index in [0.29, 0.717) is 66.0 Å². The third kappa shape index (κ3) is 4.17. The lowest BCUT2D eigenvalue weighted by Crippen LogP contribution is -2.48. The van der Waals surface area contributed by atoms with Gasteiger partial charge >= 0.3 is 0 Å². The van der Waals surface area contributed by atoms with E-state index in [9.17, 15) is 14.7 Å². The minimum Gasteiger partial charge on any atom is -0.497 e. The molecule has 0 atom stereocenters. The van der Waals surface area contributed by atoms with Crippen molar-refractivity contribution in [3.8, 4) is 5.75 Å². The zero-order chi connectivity index (χ0) is 22.0. The van der Waals surface area contributed by atoms with Crippen LogP contribution in [0.15, 0.2) is 54.2 Å². The van der Waals surface area contributed by atoms with Crippen LogP contribution in [0.4, 0.5) is 5.69 Å². The summed E-state index contributed by atoms with van der Waals surface area (Å²) in [5.41, 5.74) is 1.89. The first-order chi connectivity index (χ1) is 15.0. The zero-order valence-electron chi connectivity index (χ0n) is 17.3. The van der Waals surface area contributed by atoms with Crippen LogP contribution in [0.5, 0.6) is 5.75 Å². The maximum Gasteiger partial charge on any atom is 0.282 e. The average Bonchev–Trinajstić information content (AvgIpc) is 3.04. The number of amides is 2. The zero-order valence-corrected chi connectivity index (χ0v) is 18.0. The number of aliphatic hydroxyl groups excluding tert-OH is 1. The second kappa shape index (κ2) is 9.09. The van der Waals surface area contributed by atoms with Crippen LogP contribution in [0, 0.1) is 0 Å². The molecule has 0 spiro atoms. The third-order valence-electron chi connectivity index (χ3n) is 5.61. The Balaban J connectivity index is 1.74. The molecule has 2 aliphatic rings. The number of halogens is 1. The van der Waals surface area contributed by atoms with E-state index in [-0.39, 0.29) is 18.4 Å². The molecule has 2 aliphatic heterocycles. The highest BCUT2D eigenvalue weighted by atomic mass is 35.5. The molecule has 2 aromatic carbocycles. The fourth-order valence-corrected chi connectivity index (χ4v) is 4.20. The van der Waals surface area contributed by atoms with Gasteiger partial charge in [0.25, 0.3) is 11.8 Å². The molecule has 7 nitrogen and oxygen atoms in total. The van der Waals surface area contributed by atoms with Gasteiger partial charge in [0.2, 0.25) is 0 Å². The Morgan fingerprint density at radius 3 is 2.32 bits per heavy atom. The van der Waals surface area contributed by atoms with Gasteiger partial charge in [0, 0.05) is 37.7 Å². The van der Waals surface area contributed by atoms with Gasteiger partial charge in [0.15, 0.2) is 0 Å². The maximum absolute atomic E-state index is 13.5. The fraction of sp³-hybridized carbons (Fsp3) is 0.304. The summed E-state index contributed by atoms with van der Waals surface area (Å²) in [7, 11) is 1.58. The molecule has 2 aromatic rings. The van der Waals surface area contributed by atoms with Crippen LogP contribution in [0.3, 0.4) is 0 Å². The molecule has 0 radical (unpaired) electrons. The minimum atomic E-state index is -0.370. The first-order valence-corrected chi connectivity index (χ1v) is 10.5. The van der Waals surface area contributed by atoms with Crippen molar-refractivity contribution >= 4 is 34.7 Å². The monoisotopic (exact) mass is 441 g/mol. The Hall–Kier alpha value is -2.87. The molecule has 2 amide bonds. The third-order valence-corrected chi connectivity index (χ3v) is 5.84. The summed E-state index contributed by atoms with van der Waals surface area (Å²) < 4.78 is 5.23. The van der Waals surface area contributed by atoms with Gasteiger partial charge in [-0.05, 0) is 35.9 Å². The standard InChI is InChI=1S/C23H24ClN3O4/c1-31-19-7-5-16(6-8-19)20-21(26-11-9-25(10-12-26)13-14-28)23(30)27(22(20)29)18-4-2-3-17(24)15-18/h2-8,15,28H,9-14H2,1H3. The van der Waals surface area contributed by atoms with Crippen LogP contribution < -0.4 is 9.64 Å². The number of ether oxygens (including phenoxy) is 1. The molecule has 1 fully saturated rings. The van der Waals surface area contributed by atoms with Crippen molar-refractivity contribution in [2.75, 3.05) is 51.3 Å². The van der Waals surface area contributed by atoms with E-state index in [1.165, 1.54) is 4.90 Å². The van der Waals surface area contributed by atoms with Crippen LogP contribution in [0.2, 0.25) is 5.02 Å². The highest BCUT2D eigenvalue weighted by molar-refractivity contribution is 6.45. The molecule has 0 unspecified atom stereocenters. The van der Waals surface area contributed by atoms with E-state index < -0.39 is 0 Å². The van der Waals surface area contributed by atoms with Crippen molar-refractivity contribution in [3.05, 3.63) is 64.8 Å². The summed E-state index contributed by atoms with van der Waals surface area (Å²) in [6.07, 6.45) is 0. The number of aliphatic hydroxyl groups is 1. The van der Waals surface area contributed by atoms with E-state index in [1.807, 2.05) is 4.90 Å². The number of anilines is 1. The number of piperazine rings is 1. The van der Waals surface area contributed by atoms with Crippen LogP contribution in [0.1, 0.15) is 5.56 Å². The van der Waals surface area contributed by atoms with E-state index in [1.54, 1.807) is 55.6 Å². The predicted octanol–water partition coefficient (Wildman–Crippen LogP) is 2.24. The van der Waals surface area contributed by atoms with Gasteiger partial charge in [-0.2, -0.15) is 0 Å². The van der Waals surface area contributed by atoms with Crippen molar-refractivity contribution in [2.45, 2.75) is 0 Å². The summed E-state index contributed by atoms with van der Waals surface area (Å²) in [5, 5.41) is 9.65. The number of nitrogens with zero attached hydrogens (tertiary/aromatic N) is 3. The second-order valence-electron chi connectivity index (χ2n) is 7.43. The van der Waals surface area contributed by atoms with Gasteiger partial charge in [-0.1, -0.05) is 29.8 Å². The SMILES string of the molecule is COc1ccc(C2=C(N3CCN(CCO)CC3)C(=O)N(c3cccc(Cl)c3)C2=O)cc1. The number of carbonyl (C=O) groups excluding carboxylic acids is 2. The summed E-state index contributed by atoms with van der Waals surface area (Å²) in [6.45, 7) is 3.30. The Bertz CT molecular complexity index is 1010. The molecular weight excluding hydrogens is 418 g/mol. The summed E-state index contributed by atoms with van der Waals surface area (Å²) in [4.78, 5) is 32.3. The molecule has 4 rings (SSSR count). The topological polar surface area (TPSA) is 73.3 Å². The minimum absolute atomic E-state index is 0.0970. The van der Waals surface area contributed by atoms with E-state index in [0.717, 1.165) is 0 Å². The van der Waals surface area contributed by atoms with Gasteiger partial charge in [-0.15, -0.1) is 0 Å². The van der Waals surface area contributed by atoms with Crippen molar-refractivity contribution in [1.29, 1.82) is 0 Å². The lowest BCUT2D eigenvalue weighted by molar-refractivity contribution is -0.120. The van der Waals surface area contributed by atoms with Gasteiger partial charge in [0.1, 0.15) is 11.4 Å². The Morgan fingerprint density at radius 2 is 1.71 bits per heavy atom. The molecule has 0 saturated carbocycles. The van der Waals surface area contributed by atoms with Gasteiger partial charge < -0.3 is 14.7 Å². The molecule has 31 heavy (non-hydrogen) atoms. The Kier molecular flexibility index (Phi) is 6.27. The molecule has 0 bridgehead atoms. The molecule has 0 aliphatic carbocycles. The average molecular weight is 442 g/mol. The highest BCUT2D eigenvalue weighted by Gasteiger charge is 2.43. The molecular formula is C23H24ClN3O4. The fourth-order valence-electron chi connectivity index (χ4n) is 4.02. The lowest BCUT2D eigenvalue weighted by atomic mass is 10.0. The Morgan fingerprint density at radius 1 is 1.00 bits per heavy atom. The van der Waals surface area contributed by atoms with Gasteiger partial charge in [-0.3, -0.25) is 14.5 Å². The van der Waals surface area contributed by atoms with Crippen molar-refractivity contribution in [2.24, 2.45) is 0 Å². The highest BCUT2D eigenvalue weighted by Crippen LogP contribution is 2.36. The van der Waals surface area contributed by atoms with E-state index in [2.05, 4.69) is 4.90 Å². The molecule has 1 saturated heterocycles. The largest absolute Gasteiger partial charge is 0.497 e. The molecule has 1 N–H and O–H groups in total. The lowest BCUT2D eigenvalue weighted by Gasteiger charge is -2.36. The van der Waals surface area contributed by atoms with Crippen molar-refractivity contribution in [3.63, 3.8) is 0 Å². The number of hydrogen-bond acceptors (Lipinski definition) is 6. The number of imide groups is 1. The van der Waals surface area contributed by atoms with E-state index >= 15 is 0 Å². The van der Waals surface area contributed by atoms with Crippen LogP contribution >= 0.6 is 11.6 Å². The smallest absolute Gasteiger partial charge is 0.282 e. The quantitative estimate of drug-likeness (QED) is 0.693. The molecule has 8 heteroatoms. The summed E-state index contributed by atoms with van der Waals surface area (Å²) >= 11 is 6.12. The van der Waals surface area contributed by atoms with Crippen molar-refractivity contribution in [1.82, 2.24) is 9.80 Å². The maximum atomic E-state index is 13.5. The number of rotatable bonds is 6. The van der Waals surface area contributed by atoms with Crippen LogP contribution in [-0.2, 0) is 9.59 Å². The first kappa shape index (κ1) is 21.4. The number of carbonyl (C=O) groups is 2. The number of methoxy groups -OCH3 is 1. The van der Waals surface area contributed by atoms with Crippen molar-refractivity contribution < 1.29 is 19.4 Å². The van der Waals surface area contributed by atoms with Crippen LogP contribution in [-0.4, -0.2) is 73.2 Å². The Labute approximate surface area is 186 Å². The molecule has 162 valence electrons. The number of benzene rings is 2. The molecule has 0 aromatic heterocycles. The number of β-amino-alcohol motifs (C(OH)–C–C–N with tert-alkyl or cyclic N) is 1. The normalized spacial score (nSPS) is 17.6. The van der Waals surface area contributed by atoms with Crippen LogP contribution in [0.25, 0.3) is 5.57 Å². The first-order valence-electron chi connectivity index (χ1n) is 10.1. The summed E-state index contributed by atoms with van der Waals surface area (Å²) in [6, 6.07) is 13.9. The number of hydrogen-bond donors (Lipinski definition) is 1. The summed E-state index contributed by atoms with van der Waals surface area (Å²) in [5.74, 6) is -0.0501. The van der Waals surface area contributed by atoms with E-state index in [4.69, 9.17) is 16.3 Å². The molecule has 2 heterocycles.